The maximum atomic E-state index is 11.0. The number of nitrogens with two attached hydrogens (primary N) is 1. The summed E-state index contributed by atoms with van der Waals surface area (Å²) in [6.07, 6.45) is 0.650. The fourth-order valence-electron chi connectivity index (χ4n) is 1.74. The number of nitro groups is 1. The van der Waals surface area contributed by atoms with E-state index in [1.165, 1.54) is 6.07 Å². The van der Waals surface area contributed by atoms with Crippen molar-refractivity contribution in [1.29, 1.82) is 0 Å². The van der Waals surface area contributed by atoms with Crippen molar-refractivity contribution in [3.63, 3.8) is 0 Å². The Morgan fingerprint density at radius 2 is 2.21 bits per heavy atom. The summed E-state index contributed by atoms with van der Waals surface area (Å²) in [6, 6.07) is 4.42. The largest absolute Gasteiger partial charge is 0.419 e. The van der Waals surface area contributed by atoms with E-state index in [4.69, 9.17) is 10.2 Å². The number of nitro benzene ring substituents is 1. The highest BCUT2D eigenvalue weighted by Crippen LogP contribution is 2.32. The molecule has 0 spiro atoms. The molecule has 0 saturated heterocycles. The highest BCUT2D eigenvalue weighted by atomic mass is 16.6. The Kier molecular flexibility index (Phi) is 3.57. The molecule has 7 heteroatoms. The van der Waals surface area contributed by atoms with Crippen molar-refractivity contribution in [3.05, 3.63) is 39.8 Å². The third-order valence-corrected chi connectivity index (χ3v) is 2.86. The number of aromatic nitrogens is 2. The molecule has 0 saturated carbocycles. The maximum absolute atomic E-state index is 11.0. The molecular weight excluding hydrogens is 248 g/mol. The van der Waals surface area contributed by atoms with E-state index in [0.717, 1.165) is 0 Å². The Hall–Kier alpha value is -2.28. The molecule has 2 aromatic rings. The van der Waals surface area contributed by atoms with Crippen LogP contribution in [0.1, 0.15) is 30.8 Å². The number of hydrogen-bond acceptors (Lipinski definition) is 6. The van der Waals surface area contributed by atoms with E-state index in [2.05, 4.69) is 10.2 Å². The number of hydrogen-bond donors (Lipinski definition) is 1. The molecule has 1 atom stereocenters. The Labute approximate surface area is 109 Å². The summed E-state index contributed by atoms with van der Waals surface area (Å²) in [4.78, 5) is 10.6. The van der Waals surface area contributed by atoms with Gasteiger partial charge in [0, 0.05) is 6.07 Å². The van der Waals surface area contributed by atoms with Gasteiger partial charge in [0.15, 0.2) is 0 Å². The van der Waals surface area contributed by atoms with Gasteiger partial charge in [-0.2, -0.15) is 0 Å². The summed E-state index contributed by atoms with van der Waals surface area (Å²) in [5.41, 5.74) is 6.78. The van der Waals surface area contributed by atoms with Crippen LogP contribution in [-0.4, -0.2) is 15.1 Å². The van der Waals surface area contributed by atoms with E-state index in [1.807, 2.05) is 6.92 Å². The first kappa shape index (κ1) is 13.2. The number of rotatable bonds is 4. The van der Waals surface area contributed by atoms with Gasteiger partial charge >= 0.3 is 0 Å². The first-order valence-corrected chi connectivity index (χ1v) is 5.88. The SMILES string of the molecule is CCC(N)c1nnc(-c2c(C)cccc2[N+](=O)[O-])o1. The highest BCUT2D eigenvalue weighted by Gasteiger charge is 2.23. The molecule has 0 aliphatic heterocycles. The molecule has 2 N–H and O–H groups in total. The van der Waals surface area contributed by atoms with Crippen molar-refractivity contribution in [3.8, 4) is 11.5 Å². The molecule has 1 aromatic carbocycles. The number of benzene rings is 1. The fourth-order valence-corrected chi connectivity index (χ4v) is 1.74. The van der Waals surface area contributed by atoms with Gasteiger partial charge < -0.3 is 10.2 Å². The summed E-state index contributed by atoms with van der Waals surface area (Å²) in [5, 5.41) is 18.7. The zero-order valence-electron chi connectivity index (χ0n) is 10.7. The van der Waals surface area contributed by atoms with E-state index >= 15 is 0 Å². The minimum absolute atomic E-state index is 0.0553. The second-order valence-corrected chi connectivity index (χ2v) is 4.19. The zero-order chi connectivity index (χ0) is 14.0. The molecule has 1 heterocycles. The predicted octanol–water partition coefficient (Wildman–Crippen LogP) is 2.36. The van der Waals surface area contributed by atoms with Crippen LogP contribution in [0.3, 0.4) is 0 Å². The third-order valence-electron chi connectivity index (χ3n) is 2.86. The van der Waals surface area contributed by atoms with Crippen molar-refractivity contribution < 1.29 is 9.34 Å². The smallest absolute Gasteiger partial charge is 0.282 e. The zero-order valence-corrected chi connectivity index (χ0v) is 10.7. The van der Waals surface area contributed by atoms with Gasteiger partial charge in [-0.25, -0.2) is 0 Å². The lowest BCUT2D eigenvalue weighted by atomic mass is 10.1. The van der Waals surface area contributed by atoms with Crippen molar-refractivity contribution in [1.82, 2.24) is 10.2 Å². The maximum Gasteiger partial charge on any atom is 0.282 e. The van der Waals surface area contributed by atoms with Crippen molar-refractivity contribution in [2.45, 2.75) is 26.3 Å². The Morgan fingerprint density at radius 3 is 2.84 bits per heavy atom. The predicted molar refractivity (Wildman–Crippen MR) is 68.3 cm³/mol. The molecule has 0 bridgehead atoms. The second-order valence-electron chi connectivity index (χ2n) is 4.19. The van der Waals surface area contributed by atoms with E-state index in [9.17, 15) is 10.1 Å². The standard InChI is InChI=1S/C12H14N4O3/c1-3-8(13)11-14-15-12(19-11)10-7(2)5-4-6-9(10)16(17)18/h4-6,8H,3,13H2,1-2H3. The third kappa shape index (κ3) is 2.45. The fraction of sp³-hybridized carbons (Fsp3) is 0.333. The Bertz CT molecular complexity index is 609. The lowest BCUT2D eigenvalue weighted by molar-refractivity contribution is -0.384. The quantitative estimate of drug-likeness (QED) is 0.669. The van der Waals surface area contributed by atoms with Crippen LogP contribution in [0.5, 0.6) is 0 Å². The molecule has 0 radical (unpaired) electrons. The molecule has 100 valence electrons. The lowest BCUT2D eigenvalue weighted by Crippen LogP contribution is -2.08. The molecule has 2 rings (SSSR count). The van der Waals surface area contributed by atoms with Crippen molar-refractivity contribution in [2.24, 2.45) is 5.73 Å². The van der Waals surface area contributed by atoms with Crippen LogP contribution < -0.4 is 5.73 Å². The van der Waals surface area contributed by atoms with Gasteiger partial charge in [0.25, 0.3) is 11.6 Å². The summed E-state index contributed by atoms with van der Waals surface area (Å²) in [7, 11) is 0. The molecule has 1 aromatic heterocycles. The van der Waals surface area contributed by atoms with Crippen LogP contribution in [0.4, 0.5) is 5.69 Å². The minimum Gasteiger partial charge on any atom is -0.419 e. The van der Waals surface area contributed by atoms with Gasteiger partial charge in [0.2, 0.25) is 5.89 Å². The molecule has 0 aliphatic rings. The Balaban J connectivity index is 2.53. The van der Waals surface area contributed by atoms with Crippen LogP contribution in [0.25, 0.3) is 11.5 Å². The average molecular weight is 262 g/mol. The Morgan fingerprint density at radius 1 is 1.47 bits per heavy atom. The van der Waals surface area contributed by atoms with Crippen LogP contribution in [0.15, 0.2) is 22.6 Å². The molecular formula is C12H14N4O3. The normalized spacial score (nSPS) is 12.4. The first-order valence-electron chi connectivity index (χ1n) is 5.88. The molecule has 7 nitrogen and oxygen atoms in total. The summed E-state index contributed by atoms with van der Waals surface area (Å²) >= 11 is 0. The second kappa shape index (κ2) is 5.15. The van der Waals surface area contributed by atoms with Crippen LogP contribution >= 0.6 is 0 Å². The van der Waals surface area contributed by atoms with Gasteiger partial charge in [-0.1, -0.05) is 19.1 Å². The minimum atomic E-state index is -0.466. The lowest BCUT2D eigenvalue weighted by Gasteiger charge is -2.03. The summed E-state index contributed by atoms with van der Waals surface area (Å²) < 4.78 is 5.44. The molecule has 19 heavy (non-hydrogen) atoms. The van der Waals surface area contributed by atoms with E-state index in [0.29, 0.717) is 17.5 Å². The van der Waals surface area contributed by atoms with Gasteiger partial charge in [-0.05, 0) is 18.9 Å². The van der Waals surface area contributed by atoms with Gasteiger partial charge in [0.05, 0.1) is 11.0 Å². The number of aryl methyl sites for hydroxylation is 1. The number of nitrogens with zero attached hydrogens (tertiary/aromatic N) is 3. The molecule has 0 fully saturated rings. The molecule has 1 unspecified atom stereocenters. The summed E-state index contributed by atoms with van der Waals surface area (Å²) in [6.45, 7) is 3.65. The van der Waals surface area contributed by atoms with Gasteiger partial charge in [-0.15, -0.1) is 10.2 Å². The van der Waals surface area contributed by atoms with E-state index in [1.54, 1.807) is 19.1 Å². The summed E-state index contributed by atoms with van der Waals surface area (Å²) in [5.74, 6) is 0.416. The molecule has 0 aliphatic carbocycles. The van der Waals surface area contributed by atoms with Gasteiger partial charge in [-0.3, -0.25) is 10.1 Å². The van der Waals surface area contributed by atoms with Crippen molar-refractivity contribution >= 4 is 5.69 Å². The topological polar surface area (TPSA) is 108 Å². The highest BCUT2D eigenvalue weighted by molar-refractivity contribution is 5.70. The van der Waals surface area contributed by atoms with Crippen molar-refractivity contribution in [2.75, 3.05) is 0 Å². The molecule has 0 amide bonds. The van der Waals surface area contributed by atoms with E-state index in [-0.39, 0.29) is 23.5 Å². The van der Waals surface area contributed by atoms with Crippen LogP contribution in [-0.2, 0) is 0 Å². The van der Waals surface area contributed by atoms with E-state index < -0.39 is 4.92 Å². The van der Waals surface area contributed by atoms with Crippen LogP contribution in [0, 0.1) is 17.0 Å². The van der Waals surface area contributed by atoms with Crippen LogP contribution in [0.2, 0.25) is 0 Å². The first-order chi connectivity index (χ1) is 9.04. The average Bonchev–Trinajstić information content (AvgIpc) is 2.86. The monoisotopic (exact) mass is 262 g/mol. The van der Waals surface area contributed by atoms with Gasteiger partial charge in [0.1, 0.15) is 5.56 Å².